The number of aryl methyl sites for hydroxylation is 1. The summed E-state index contributed by atoms with van der Waals surface area (Å²) in [6.07, 6.45) is 0. The molecule has 2 aromatic rings. The van der Waals surface area contributed by atoms with Gasteiger partial charge in [-0.2, -0.15) is 0 Å². The van der Waals surface area contributed by atoms with E-state index in [0.29, 0.717) is 5.75 Å². The van der Waals surface area contributed by atoms with Gasteiger partial charge in [-0.1, -0.05) is 17.7 Å². The van der Waals surface area contributed by atoms with Gasteiger partial charge >= 0.3 is 0 Å². The highest BCUT2D eigenvalue weighted by Gasteiger charge is 2.17. The van der Waals surface area contributed by atoms with E-state index in [1.165, 1.54) is 0 Å². The zero-order valence-electron chi connectivity index (χ0n) is 13.4. The molecule has 124 valence electrons. The van der Waals surface area contributed by atoms with Crippen molar-refractivity contribution in [1.82, 2.24) is 4.72 Å². The van der Waals surface area contributed by atoms with E-state index in [2.05, 4.69) is 4.72 Å². The highest BCUT2D eigenvalue weighted by molar-refractivity contribution is 7.89. The van der Waals surface area contributed by atoms with Gasteiger partial charge in [0.25, 0.3) is 0 Å². The van der Waals surface area contributed by atoms with E-state index in [9.17, 15) is 8.42 Å². The van der Waals surface area contributed by atoms with Gasteiger partial charge in [0.05, 0.1) is 18.0 Å². The Kier molecular flexibility index (Phi) is 5.63. The van der Waals surface area contributed by atoms with E-state index in [0.717, 1.165) is 11.3 Å². The van der Waals surface area contributed by atoms with Gasteiger partial charge < -0.3 is 9.47 Å². The minimum atomic E-state index is -3.54. The molecule has 1 atom stereocenters. The van der Waals surface area contributed by atoms with Gasteiger partial charge in [-0.15, -0.1) is 0 Å². The van der Waals surface area contributed by atoms with E-state index < -0.39 is 10.0 Å². The summed E-state index contributed by atoms with van der Waals surface area (Å²) in [6.45, 7) is 3.90. The fourth-order valence-corrected chi connectivity index (χ4v) is 3.21. The van der Waals surface area contributed by atoms with Crippen molar-refractivity contribution in [2.24, 2.45) is 0 Å². The van der Waals surface area contributed by atoms with E-state index in [4.69, 9.17) is 9.47 Å². The van der Waals surface area contributed by atoms with E-state index in [1.807, 2.05) is 6.92 Å². The summed E-state index contributed by atoms with van der Waals surface area (Å²) in [5.74, 6) is 1.40. The van der Waals surface area contributed by atoms with Gasteiger partial charge in [0.1, 0.15) is 18.1 Å². The summed E-state index contributed by atoms with van der Waals surface area (Å²) < 4.78 is 37.8. The van der Waals surface area contributed by atoms with Gasteiger partial charge in [0.15, 0.2) is 0 Å². The van der Waals surface area contributed by atoms with Gasteiger partial charge in [0.2, 0.25) is 10.0 Å². The molecule has 6 heteroatoms. The Hall–Kier alpha value is -2.05. The molecule has 0 aliphatic rings. The summed E-state index contributed by atoms with van der Waals surface area (Å²) in [6, 6.07) is 13.5. The summed E-state index contributed by atoms with van der Waals surface area (Å²) in [4.78, 5) is 0.249. The van der Waals surface area contributed by atoms with Crippen LogP contribution in [-0.4, -0.2) is 28.2 Å². The zero-order chi connectivity index (χ0) is 16.9. The van der Waals surface area contributed by atoms with Crippen LogP contribution in [0.1, 0.15) is 12.5 Å². The summed E-state index contributed by atoms with van der Waals surface area (Å²) in [7, 11) is -1.95. The van der Waals surface area contributed by atoms with Crippen LogP contribution in [-0.2, 0) is 10.0 Å². The van der Waals surface area contributed by atoms with Gasteiger partial charge in [0, 0.05) is 0 Å². The van der Waals surface area contributed by atoms with Crippen LogP contribution in [0.25, 0.3) is 0 Å². The number of rotatable bonds is 7. The molecule has 0 fully saturated rings. The third-order valence-electron chi connectivity index (χ3n) is 3.25. The fourth-order valence-electron chi connectivity index (χ4n) is 1.98. The monoisotopic (exact) mass is 335 g/mol. The van der Waals surface area contributed by atoms with E-state index in [1.54, 1.807) is 62.6 Å². The second kappa shape index (κ2) is 7.48. The van der Waals surface area contributed by atoms with Crippen molar-refractivity contribution in [2.45, 2.75) is 24.8 Å². The average Bonchev–Trinajstić information content (AvgIpc) is 2.53. The average molecular weight is 335 g/mol. The first kappa shape index (κ1) is 17.3. The minimum Gasteiger partial charge on any atom is -0.497 e. The van der Waals surface area contributed by atoms with Crippen molar-refractivity contribution in [1.29, 1.82) is 0 Å². The molecule has 0 bridgehead atoms. The van der Waals surface area contributed by atoms with Crippen LogP contribution in [0, 0.1) is 6.92 Å². The summed E-state index contributed by atoms with van der Waals surface area (Å²) in [5.41, 5.74) is 1.01. The standard InChI is InChI=1S/C17H21NO4S/c1-13-4-10-17(11-5-13)23(19,20)18-14(2)12-22-16-8-6-15(21-3)7-9-16/h4-11,14,18H,12H2,1-3H3/t14-/m0/s1. The van der Waals surface area contributed by atoms with E-state index >= 15 is 0 Å². The maximum atomic E-state index is 12.3. The third kappa shape index (κ3) is 4.97. The Balaban J connectivity index is 1.92. The smallest absolute Gasteiger partial charge is 0.240 e. The topological polar surface area (TPSA) is 64.6 Å². The summed E-state index contributed by atoms with van der Waals surface area (Å²) >= 11 is 0. The summed E-state index contributed by atoms with van der Waals surface area (Å²) in [5, 5.41) is 0. The lowest BCUT2D eigenvalue weighted by Crippen LogP contribution is -2.36. The van der Waals surface area contributed by atoms with Crippen LogP contribution in [0.2, 0.25) is 0 Å². The molecule has 0 heterocycles. The Morgan fingerprint density at radius 3 is 2.13 bits per heavy atom. The first-order valence-electron chi connectivity index (χ1n) is 7.26. The first-order chi connectivity index (χ1) is 10.9. The molecular weight excluding hydrogens is 314 g/mol. The molecule has 0 aromatic heterocycles. The molecule has 23 heavy (non-hydrogen) atoms. The highest BCUT2D eigenvalue weighted by Crippen LogP contribution is 2.17. The normalized spacial score (nSPS) is 12.7. The SMILES string of the molecule is COc1ccc(OC[C@H](C)NS(=O)(=O)c2ccc(C)cc2)cc1. The van der Waals surface area contributed by atoms with Crippen LogP contribution in [0.4, 0.5) is 0 Å². The van der Waals surface area contributed by atoms with Gasteiger partial charge in [-0.05, 0) is 50.2 Å². The van der Waals surface area contributed by atoms with Crippen molar-refractivity contribution in [3.8, 4) is 11.5 Å². The number of ether oxygens (including phenoxy) is 2. The highest BCUT2D eigenvalue weighted by atomic mass is 32.2. The Bertz CT molecular complexity index is 724. The molecule has 0 aliphatic carbocycles. The molecular formula is C17H21NO4S. The molecule has 0 amide bonds. The molecule has 0 aliphatic heterocycles. The molecule has 0 saturated heterocycles. The molecule has 0 saturated carbocycles. The van der Waals surface area contributed by atoms with Gasteiger partial charge in [-0.3, -0.25) is 0 Å². The fraction of sp³-hybridized carbons (Fsp3) is 0.294. The number of methoxy groups -OCH3 is 1. The third-order valence-corrected chi connectivity index (χ3v) is 4.85. The number of nitrogens with one attached hydrogen (secondary N) is 1. The van der Waals surface area contributed by atoms with Crippen LogP contribution < -0.4 is 14.2 Å². The lowest BCUT2D eigenvalue weighted by Gasteiger charge is -2.15. The van der Waals surface area contributed by atoms with Crippen molar-refractivity contribution in [2.75, 3.05) is 13.7 Å². The Morgan fingerprint density at radius 1 is 1.00 bits per heavy atom. The molecule has 0 unspecified atom stereocenters. The minimum absolute atomic E-state index is 0.234. The zero-order valence-corrected chi connectivity index (χ0v) is 14.3. The van der Waals surface area contributed by atoms with Crippen molar-refractivity contribution >= 4 is 10.0 Å². The number of benzene rings is 2. The van der Waals surface area contributed by atoms with Crippen molar-refractivity contribution in [3.63, 3.8) is 0 Å². The predicted octanol–water partition coefficient (Wildman–Crippen LogP) is 2.75. The van der Waals surface area contributed by atoms with Crippen molar-refractivity contribution in [3.05, 3.63) is 54.1 Å². The number of sulfonamides is 1. The van der Waals surface area contributed by atoms with Crippen LogP contribution >= 0.6 is 0 Å². The van der Waals surface area contributed by atoms with Crippen LogP contribution in [0.15, 0.2) is 53.4 Å². The quantitative estimate of drug-likeness (QED) is 0.845. The molecule has 5 nitrogen and oxygen atoms in total. The van der Waals surface area contributed by atoms with Crippen molar-refractivity contribution < 1.29 is 17.9 Å². The Morgan fingerprint density at radius 2 is 1.57 bits per heavy atom. The van der Waals surface area contributed by atoms with E-state index in [-0.39, 0.29) is 17.5 Å². The first-order valence-corrected chi connectivity index (χ1v) is 8.75. The lowest BCUT2D eigenvalue weighted by molar-refractivity contribution is 0.287. The molecule has 2 aromatic carbocycles. The molecule has 0 radical (unpaired) electrons. The maximum absolute atomic E-state index is 12.3. The van der Waals surface area contributed by atoms with Gasteiger partial charge in [-0.25, -0.2) is 13.1 Å². The Labute approximate surface area is 137 Å². The number of hydrogen-bond acceptors (Lipinski definition) is 4. The maximum Gasteiger partial charge on any atom is 0.240 e. The molecule has 1 N–H and O–H groups in total. The largest absolute Gasteiger partial charge is 0.497 e. The second-order valence-electron chi connectivity index (χ2n) is 5.32. The second-order valence-corrected chi connectivity index (χ2v) is 7.04. The number of hydrogen-bond donors (Lipinski definition) is 1. The lowest BCUT2D eigenvalue weighted by atomic mass is 10.2. The van der Waals surface area contributed by atoms with Crippen LogP contribution in [0.3, 0.4) is 0 Å². The molecule has 2 rings (SSSR count). The molecule has 0 spiro atoms. The van der Waals surface area contributed by atoms with Crippen LogP contribution in [0.5, 0.6) is 11.5 Å². The predicted molar refractivity (Wildman–Crippen MR) is 89.5 cm³/mol.